The van der Waals surface area contributed by atoms with Crippen molar-refractivity contribution in [2.24, 2.45) is 0 Å². The van der Waals surface area contributed by atoms with Crippen LogP contribution in [0, 0.1) is 12.7 Å². The number of benzene rings is 1. The van der Waals surface area contributed by atoms with Crippen LogP contribution in [-0.4, -0.2) is 35.6 Å². The number of amides is 1. The van der Waals surface area contributed by atoms with Gasteiger partial charge < -0.3 is 5.32 Å². The second-order valence-electron chi connectivity index (χ2n) is 5.98. The van der Waals surface area contributed by atoms with Crippen LogP contribution in [0.1, 0.15) is 34.2 Å². The van der Waals surface area contributed by atoms with Crippen molar-refractivity contribution in [2.75, 3.05) is 11.5 Å². The van der Waals surface area contributed by atoms with Gasteiger partial charge >= 0.3 is 0 Å². The summed E-state index contributed by atoms with van der Waals surface area (Å²) in [5, 5.41) is 6.99. The molecule has 0 bridgehead atoms. The van der Waals surface area contributed by atoms with Crippen LogP contribution in [0.4, 0.5) is 4.39 Å². The third-order valence-electron chi connectivity index (χ3n) is 4.08. The van der Waals surface area contributed by atoms with E-state index in [0.717, 1.165) is 11.3 Å². The fourth-order valence-electron chi connectivity index (χ4n) is 2.81. The van der Waals surface area contributed by atoms with Gasteiger partial charge in [-0.1, -0.05) is 12.1 Å². The summed E-state index contributed by atoms with van der Waals surface area (Å²) in [5.74, 6) is -0.456. The molecule has 1 aromatic heterocycles. The predicted molar refractivity (Wildman–Crippen MR) is 86.8 cm³/mol. The Labute approximate surface area is 139 Å². The lowest BCUT2D eigenvalue weighted by atomic mass is 10.2. The van der Waals surface area contributed by atoms with E-state index in [2.05, 4.69) is 10.4 Å². The molecule has 128 valence electrons. The fourth-order valence-corrected chi connectivity index (χ4v) is 4.50. The summed E-state index contributed by atoms with van der Waals surface area (Å²) in [7, 11) is -3.01. The standard InChI is InChI=1S/C16H18FN3O3S/c1-11-8-15(19-20(11)14-6-7-24(22,23)10-14)16(21)18-9-12-2-4-13(17)5-3-12/h2-5,8,14H,6-7,9-10H2,1H3,(H,18,21). The van der Waals surface area contributed by atoms with E-state index >= 15 is 0 Å². The Kier molecular flexibility index (Phi) is 4.40. The smallest absolute Gasteiger partial charge is 0.272 e. The number of nitrogens with zero attached hydrogens (tertiary/aromatic N) is 2. The second kappa shape index (κ2) is 6.35. The van der Waals surface area contributed by atoms with Gasteiger partial charge in [0.15, 0.2) is 9.84 Å². The number of carbonyl (C=O) groups is 1. The van der Waals surface area contributed by atoms with Crippen LogP contribution in [0.3, 0.4) is 0 Å². The molecule has 0 saturated carbocycles. The molecule has 24 heavy (non-hydrogen) atoms. The van der Waals surface area contributed by atoms with Crippen molar-refractivity contribution in [2.45, 2.75) is 25.9 Å². The number of hydrogen-bond acceptors (Lipinski definition) is 4. The molecule has 3 rings (SSSR count). The second-order valence-corrected chi connectivity index (χ2v) is 8.21. The highest BCUT2D eigenvalue weighted by Gasteiger charge is 2.31. The highest BCUT2D eigenvalue weighted by molar-refractivity contribution is 7.91. The first-order chi connectivity index (χ1) is 11.3. The van der Waals surface area contributed by atoms with Crippen molar-refractivity contribution in [3.8, 4) is 0 Å². The summed E-state index contributed by atoms with van der Waals surface area (Å²) < 4.78 is 37.7. The zero-order valence-electron chi connectivity index (χ0n) is 13.2. The number of nitrogens with one attached hydrogen (secondary N) is 1. The highest BCUT2D eigenvalue weighted by atomic mass is 32.2. The van der Waals surface area contributed by atoms with Crippen molar-refractivity contribution in [1.82, 2.24) is 15.1 Å². The summed E-state index contributed by atoms with van der Waals surface area (Å²) in [6, 6.07) is 7.30. The number of carbonyl (C=O) groups excluding carboxylic acids is 1. The number of aromatic nitrogens is 2. The summed E-state index contributed by atoms with van der Waals surface area (Å²) in [6.45, 7) is 2.07. The number of halogens is 1. The Morgan fingerprint density at radius 3 is 2.71 bits per heavy atom. The van der Waals surface area contributed by atoms with Crippen molar-refractivity contribution < 1.29 is 17.6 Å². The summed E-state index contributed by atoms with van der Waals surface area (Å²) in [6.07, 6.45) is 0.515. The summed E-state index contributed by atoms with van der Waals surface area (Å²) in [5.41, 5.74) is 1.78. The Bertz CT molecular complexity index is 859. The van der Waals surface area contributed by atoms with Gasteiger partial charge in [0, 0.05) is 12.2 Å². The van der Waals surface area contributed by atoms with E-state index in [-0.39, 0.29) is 41.5 Å². The van der Waals surface area contributed by atoms with Crippen molar-refractivity contribution in [3.63, 3.8) is 0 Å². The van der Waals surface area contributed by atoms with Crippen LogP contribution in [-0.2, 0) is 16.4 Å². The van der Waals surface area contributed by atoms with Crippen LogP contribution in [0.25, 0.3) is 0 Å². The van der Waals surface area contributed by atoms with Gasteiger partial charge in [-0.05, 0) is 37.1 Å². The Balaban J connectivity index is 1.67. The molecule has 1 saturated heterocycles. The van der Waals surface area contributed by atoms with Gasteiger partial charge in [0.25, 0.3) is 5.91 Å². The third kappa shape index (κ3) is 3.64. The topological polar surface area (TPSA) is 81.1 Å². The van der Waals surface area contributed by atoms with Gasteiger partial charge in [-0.15, -0.1) is 0 Å². The van der Waals surface area contributed by atoms with E-state index in [1.54, 1.807) is 29.8 Å². The third-order valence-corrected chi connectivity index (χ3v) is 5.83. The maximum atomic E-state index is 12.9. The normalized spacial score (nSPS) is 19.3. The van der Waals surface area contributed by atoms with E-state index < -0.39 is 9.84 Å². The first-order valence-electron chi connectivity index (χ1n) is 7.63. The predicted octanol–water partition coefficient (Wildman–Crippen LogP) is 1.62. The summed E-state index contributed by atoms with van der Waals surface area (Å²) in [4.78, 5) is 12.2. The van der Waals surface area contributed by atoms with Gasteiger partial charge in [0.1, 0.15) is 11.5 Å². The molecular weight excluding hydrogens is 333 g/mol. The number of hydrogen-bond donors (Lipinski definition) is 1. The van der Waals surface area contributed by atoms with Gasteiger partial charge in [-0.25, -0.2) is 12.8 Å². The lowest BCUT2D eigenvalue weighted by Gasteiger charge is -2.10. The Morgan fingerprint density at radius 2 is 2.08 bits per heavy atom. The maximum Gasteiger partial charge on any atom is 0.272 e. The van der Waals surface area contributed by atoms with Crippen LogP contribution in [0.2, 0.25) is 0 Å². The van der Waals surface area contributed by atoms with Crippen molar-refractivity contribution >= 4 is 15.7 Å². The molecule has 1 aliphatic rings. The molecule has 1 aliphatic heterocycles. The molecule has 1 atom stereocenters. The van der Waals surface area contributed by atoms with Crippen LogP contribution < -0.4 is 5.32 Å². The molecule has 2 heterocycles. The minimum Gasteiger partial charge on any atom is -0.347 e. The Hall–Kier alpha value is -2.22. The minimum absolute atomic E-state index is 0.0617. The molecule has 1 fully saturated rings. The fraction of sp³-hybridized carbons (Fsp3) is 0.375. The first kappa shape index (κ1) is 16.6. The minimum atomic E-state index is -3.01. The SMILES string of the molecule is Cc1cc(C(=O)NCc2ccc(F)cc2)nn1C1CCS(=O)(=O)C1. The lowest BCUT2D eigenvalue weighted by molar-refractivity contribution is 0.0945. The first-order valence-corrected chi connectivity index (χ1v) is 9.45. The van der Waals surface area contributed by atoms with E-state index in [1.165, 1.54) is 12.1 Å². The molecule has 0 radical (unpaired) electrons. The summed E-state index contributed by atoms with van der Waals surface area (Å²) >= 11 is 0. The number of sulfone groups is 1. The average Bonchev–Trinajstić information content (AvgIpc) is 3.09. The zero-order valence-corrected chi connectivity index (χ0v) is 14.0. The molecule has 1 aromatic carbocycles. The highest BCUT2D eigenvalue weighted by Crippen LogP contribution is 2.24. The van der Waals surface area contributed by atoms with Gasteiger partial charge in [0.2, 0.25) is 0 Å². The van der Waals surface area contributed by atoms with E-state index in [1.807, 2.05) is 0 Å². The molecule has 1 amide bonds. The van der Waals surface area contributed by atoms with Crippen molar-refractivity contribution in [1.29, 1.82) is 0 Å². The van der Waals surface area contributed by atoms with Crippen molar-refractivity contribution in [3.05, 3.63) is 53.1 Å². The van der Waals surface area contributed by atoms with E-state index in [4.69, 9.17) is 0 Å². The van der Waals surface area contributed by atoms with Gasteiger partial charge in [0.05, 0.1) is 17.5 Å². The number of aryl methyl sites for hydroxylation is 1. The van der Waals surface area contributed by atoms with Crippen LogP contribution in [0.5, 0.6) is 0 Å². The van der Waals surface area contributed by atoms with E-state index in [9.17, 15) is 17.6 Å². The maximum absolute atomic E-state index is 12.9. The quantitative estimate of drug-likeness (QED) is 0.908. The molecule has 0 spiro atoms. The monoisotopic (exact) mass is 351 g/mol. The molecular formula is C16H18FN3O3S. The van der Waals surface area contributed by atoms with Gasteiger partial charge in [-0.3, -0.25) is 9.48 Å². The van der Waals surface area contributed by atoms with E-state index in [0.29, 0.717) is 6.42 Å². The van der Waals surface area contributed by atoms with Crippen LogP contribution >= 0.6 is 0 Å². The molecule has 0 aliphatic carbocycles. The Morgan fingerprint density at radius 1 is 1.38 bits per heavy atom. The average molecular weight is 351 g/mol. The molecule has 6 nitrogen and oxygen atoms in total. The molecule has 1 unspecified atom stereocenters. The molecule has 2 aromatic rings. The van der Waals surface area contributed by atoms with Gasteiger partial charge in [-0.2, -0.15) is 5.10 Å². The number of rotatable bonds is 4. The largest absolute Gasteiger partial charge is 0.347 e. The molecule has 8 heteroatoms. The van der Waals surface area contributed by atoms with Crippen LogP contribution in [0.15, 0.2) is 30.3 Å². The molecule has 1 N–H and O–H groups in total. The zero-order chi connectivity index (χ0) is 17.3. The lowest BCUT2D eigenvalue weighted by Crippen LogP contribution is -2.24.